The maximum Gasteiger partial charge on any atom is 0.271 e. The predicted molar refractivity (Wildman–Crippen MR) is 79.0 cm³/mol. The van der Waals surface area contributed by atoms with Crippen LogP contribution in [-0.4, -0.2) is 40.1 Å². The number of nitrogens with zero attached hydrogens (tertiary/aromatic N) is 3. The van der Waals surface area contributed by atoms with Crippen LogP contribution in [0, 0.1) is 10.1 Å². The van der Waals surface area contributed by atoms with Crippen molar-refractivity contribution in [3.8, 4) is 5.69 Å². The van der Waals surface area contributed by atoms with E-state index in [0.29, 0.717) is 12.3 Å². The fourth-order valence-electron chi connectivity index (χ4n) is 1.94. The van der Waals surface area contributed by atoms with Gasteiger partial charge in [-0.05, 0) is 13.0 Å². The van der Waals surface area contributed by atoms with Gasteiger partial charge in [0.1, 0.15) is 12.0 Å². The van der Waals surface area contributed by atoms with Crippen molar-refractivity contribution >= 4 is 11.6 Å². The molecule has 0 radical (unpaired) electrons. The Morgan fingerprint density at radius 1 is 1.55 bits per heavy atom. The molecule has 1 heterocycles. The number of rotatable bonds is 6. The molecule has 22 heavy (non-hydrogen) atoms. The molecule has 0 fully saturated rings. The molecular weight excluding hydrogens is 288 g/mol. The van der Waals surface area contributed by atoms with Crippen molar-refractivity contribution in [1.82, 2.24) is 14.9 Å². The third-order valence-corrected chi connectivity index (χ3v) is 2.95. The number of imidazole rings is 1. The maximum absolute atomic E-state index is 12.0. The van der Waals surface area contributed by atoms with Crippen LogP contribution >= 0.6 is 0 Å². The number of hydrogen-bond acceptors (Lipinski definition) is 5. The van der Waals surface area contributed by atoms with Gasteiger partial charge in [0.25, 0.3) is 11.6 Å². The first-order valence-electron chi connectivity index (χ1n) is 6.60. The average Bonchev–Trinajstić information content (AvgIpc) is 2.97. The van der Waals surface area contributed by atoms with Gasteiger partial charge in [-0.3, -0.25) is 14.9 Å². The van der Waals surface area contributed by atoms with E-state index in [-0.39, 0.29) is 23.3 Å². The molecule has 2 rings (SSSR count). The van der Waals surface area contributed by atoms with Crippen molar-refractivity contribution in [3.63, 3.8) is 0 Å². The van der Waals surface area contributed by atoms with E-state index in [2.05, 4.69) is 10.3 Å². The molecule has 0 aliphatic rings. The summed E-state index contributed by atoms with van der Waals surface area (Å²) in [5.41, 5.74) is 0.770. The third kappa shape index (κ3) is 3.67. The Hall–Kier alpha value is -2.74. The lowest BCUT2D eigenvalue weighted by Crippen LogP contribution is -2.35. The van der Waals surface area contributed by atoms with Crippen LogP contribution in [0.2, 0.25) is 0 Å². The second-order valence-corrected chi connectivity index (χ2v) is 4.77. The Morgan fingerprint density at radius 2 is 2.32 bits per heavy atom. The smallest absolute Gasteiger partial charge is 0.271 e. The lowest BCUT2D eigenvalue weighted by molar-refractivity contribution is -0.384. The van der Waals surface area contributed by atoms with E-state index >= 15 is 0 Å². The molecule has 1 unspecified atom stereocenters. The molecule has 0 aliphatic carbocycles. The number of amides is 1. The number of aromatic nitrogens is 2. The normalized spacial score (nSPS) is 11.9. The topological polar surface area (TPSA) is 99.3 Å². The molecule has 0 aliphatic heterocycles. The van der Waals surface area contributed by atoms with Crippen LogP contribution in [0.1, 0.15) is 17.4 Å². The van der Waals surface area contributed by atoms with Gasteiger partial charge in [-0.15, -0.1) is 0 Å². The van der Waals surface area contributed by atoms with Crippen LogP contribution < -0.4 is 5.32 Å². The Bertz CT molecular complexity index is 683. The van der Waals surface area contributed by atoms with E-state index in [1.807, 2.05) is 6.92 Å². The predicted octanol–water partition coefficient (Wildman–Crippen LogP) is 1.55. The van der Waals surface area contributed by atoms with Crippen LogP contribution in [0.3, 0.4) is 0 Å². The van der Waals surface area contributed by atoms with Crippen molar-refractivity contribution in [2.75, 3.05) is 13.7 Å². The summed E-state index contributed by atoms with van der Waals surface area (Å²) in [6.45, 7) is 2.22. The molecule has 2 aromatic rings. The summed E-state index contributed by atoms with van der Waals surface area (Å²) in [6, 6.07) is 5.95. The number of nitrogens with one attached hydrogen (secondary N) is 1. The van der Waals surface area contributed by atoms with Crippen molar-refractivity contribution < 1.29 is 14.5 Å². The number of non-ortho nitro benzene ring substituents is 1. The first-order valence-corrected chi connectivity index (χ1v) is 6.60. The minimum Gasteiger partial charge on any atom is -0.383 e. The SMILES string of the molecule is COCC(C)NC(=O)c1cn(-c2cccc([N+](=O)[O-])c2)cn1. The number of ether oxygens (including phenoxy) is 1. The molecule has 1 N–H and O–H groups in total. The zero-order chi connectivity index (χ0) is 16.1. The molecule has 1 atom stereocenters. The van der Waals surface area contributed by atoms with Gasteiger partial charge in [0.2, 0.25) is 0 Å². The summed E-state index contributed by atoms with van der Waals surface area (Å²) in [4.78, 5) is 26.3. The van der Waals surface area contributed by atoms with Gasteiger partial charge in [-0.25, -0.2) is 4.98 Å². The zero-order valence-electron chi connectivity index (χ0n) is 12.2. The van der Waals surface area contributed by atoms with E-state index in [4.69, 9.17) is 4.74 Å². The summed E-state index contributed by atoms with van der Waals surface area (Å²) in [6.07, 6.45) is 2.96. The first kappa shape index (κ1) is 15.6. The number of nitro benzene ring substituents is 1. The highest BCUT2D eigenvalue weighted by Crippen LogP contribution is 2.16. The number of hydrogen-bond donors (Lipinski definition) is 1. The van der Waals surface area contributed by atoms with Crippen LogP contribution in [-0.2, 0) is 4.74 Å². The highest BCUT2D eigenvalue weighted by Gasteiger charge is 2.14. The average molecular weight is 304 g/mol. The summed E-state index contributed by atoms with van der Waals surface area (Å²) in [7, 11) is 1.56. The van der Waals surface area contributed by atoms with Crippen molar-refractivity contribution in [3.05, 3.63) is 52.6 Å². The van der Waals surface area contributed by atoms with Crippen LogP contribution in [0.15, 0.2) is 36.8 Å². The highest BCUT2D eigenvalue weighted by molar-refractivity contribution is 5.92. The molecule has 8 heteroatoms. The van der Waals surface area contributed by atoms with Crippen molar-refractivity contribution in [2.45, 2.75) is 13.0 Å². The Balaban J connectivity index is 2.16. The number of carbonyl (C=O) groups is 1. The second kappa shape index (κ2) is 6.81. The minimum atomic E-state index is -0.472. The fraction of sp³-hybridized carbons (Fsp3) is 0.286. The largest absolute Gasteiger partial charge is 0.383 e. The number of benzene rings is 1. The number of carbonyl (C=O) groups excluding carboxylic acids is 1. The Morgan fingerprint density at radius 3 is 3.00 bits per heavy atom. The highest BCUT2D eigenvalue weighted by atomic mass is 16.6. The van der Waals surface area contributed by atoms with E-state index < -0.39 is 4.92 Å². The quantitative estimate of drug-likeness (QED) is 0.644. The molecule has 116 valence electrons. The Labute approximate surface area is 126 Å². The lowest BCUT2D eigenvalue weighted by Gasteiger charge is -2.11. The zero-order valence-corrected chi connectivity index (χ0v) is 12.2. The van der Waals surface area contributed by atoms with E-state index in [0.717, 1.165) is 0 Å². The number of methoxy groups -OCH3 is 1. The summed E-state index contributed by atoms with van der Waals surface area (Å²) < 4.78 is 6.50. The molecule has 1 amide bonds. The first-order chi connectivity index (χ1) is 10.5. The van der Waals surface area contributed by atoms with Gasteiger partial charge < -0.3 is 14.6 Å². The molecule has 0 saturated heterocycles. The molecule has 8 nitrogen and oxygen atoms in total. The molecule has 1 aromatic carbocycles. The van der Waals surface area contributed by atoms with Gasteiger partial charge in [-0.1, -0.05) is 6.07 Å². The van der Waals surface area contributed by atoms with Crippen molar-refractivity contribution in [1.29, 1.82) is 0 Å². The van der Waals surface area contributed by atoms with Crippen molar-refractivity contribution in [2.24, 2.45) is 0 Å². The van der Waals surface area contributed by atoms with E-state index in [9.17, 15) is 14.9 Å². The maximum atomic E-state index is 12.0. The molecule has 1 aromatic heterocycles. The van der Waals surface area contributed by atoms with E-state index in [1.165, 1.54) is 24.7 Å². The van der Waals surface area contributed by atoms with Gasteiger partial charge in [-0.2, -0.15) is 0 Å². The molecule has 0 spiro atoms. The summed E-state index contributed by atoms with van der Waals surface area (Å²) in [5, 5.41) is 13.5. The Kier molecular flexibility index (Phi) is 4.84. The summed E-state index contributed by atoms with van der Waals surface area (Å²) in [5.74, 6) is -0.325. The van der Waals surface area contributed by atoms with Gasteiger partial charge >= 0.3 is 0 Å². The van der Waals surface area contributed by atoms with E-state index in [1.54, 1.807) is 23.8 Å². The third-order valence-electron chi connectivity index (χ3n) is 2.95. The molecule has 0 saturated carbocycles. The standard InChI is InChI=1S/C14H16N4O4/c1-10(8-22-2)16-14(19)13-7-17(9-15-13)11-4-3-5-12(6-11)18(20)21/h3-7,9-10H,8H2,1-2H3,(H,16,19). The molecule has 0 bridgehead atoms. The van der Waals surface area contributed by atoms with Crippen LogP contribution in [0.4, 0.5) is 5.69 Å². The van der Waals surface area contributed by atoms with Gasteiger partial charge in [0.05, 0.1) is 17.2 Å². The summed E-state index contributed by atoms with van der Waals surface area (Å²) >= 11 is 0. The molecular formula is C14H16N4O4. The lowest BCUT2D eigenvalue weighted by atomic mass is 10.3. The van der Waals surface area contributed by atoms with Crippen LogP contribution in [0.25, 0.3) is 5.69 Å². The van der Waals surface area contributed by atoms with Crippen LogP contribution in [0.5, 0.6) is 0 Å². The second-order valence-electron chi connectivity index (χ2n) is 4.77. The monoisotopic (exact) mass is 304 g/mol. The minimum absolute atomic E-state index is 0.0223. The van der Waals surface area contributed by atoms with Gasteiger partial charge in [0.15, 0.2) is 0 Å². The fourth-order valence-corrected chi connectivity index (χ4v) is 1.94. The number of nitro groups is 1. The van der Waals surface area contributed by atoms with Gasteiger partial charge in [0, 0.05) is 31.5 Å².